The van der Waals surface area contributed by atoms with Gasteiger partial charge in [0.1, 0.15) is 0 Å². The first kappa shape index (κ1) is 11.8. The van der Waals surface area contributed by atoms with Crippen LogP contribution in [-0.2, 0) is 0 Å². The van der Waals surface area contributed by atoms with Gasteiger partial charge in [0.05, 0.1) is 6.61 Å². The second-order valence-electron chi connectivity index (χ2n) is 3.83. The van der Waals surface area contributed by atoms with Gasteiger partial charge in [-0.2, -0.15) is 0 Å². The number of nitrogens with zero attached hydrogens (tertiary/aromatic N) is 1. The Labute approximate surface area is 91.7 Å². The zero-order chi connectivity index (χ0) is 11.3. The lowest BCUT2D eigenvalue weighted by Crippen LogP contribution is -2.11. The molecule has 0 atom stereocenters. The average Bonchev–Trinajstić information content (AvgIpc) is 2.22. The highest BCUT2D eigenvalue weighted by molar-refractivity contribution is 5.46. The van der Waals surface area contributed by atoms with Gasteiger partial charge in [0, 0.05) is 5.69 Å². The third kappa shape index (κ3) is 3.42. The molecule has 1 aromatic heterocycles. The van der Waals surface area contributed by atoms with Crippen molar-refractivity contribution in [3.8, 4) is 5.75 Å². The minimum atomic E-state index is 0.487. The molecule has 0 bridgehead atoms. The van der Waals surface area contributed by atoms with Crippen molar-refractivity contribution >= 4 is 5.82 Å². The molecule has 0 aromatic carbocycles. The van der Waals surface area contributed by atoms with Crippen LogP contribution in [0.5, 0.6) is 5.75 Å². The second kappa shape index (κ2) is 5.59. The summed E-state index contributed by atoms with van der Waals surface area (Å²) in [5.41, 5.74) is 6.67. The van der Waals surface area contributed by atoms with Crippen LogP contribution in [0.2, 0.25) is 0 Å². The average molecular weight is 208 g/mol. The van der Waals surface area contributed by atoms with Crippen LogP contribution in [0.1, 0.15) is 32.4 Å². The molecule has 0 unspecified atom stereocenters. The van der Waals surface area contributed by atoms with Crippen LogP contribution in [0.25, 0.3) is 0 Å². The molecule has 2 N–H and O–H groups in total. The van der Waals surface area contributed by atoms with Crippen LogP contribution in [0.3, 0.4) is 0 Å². The van der Waals surface area contributed by atoms with Gasteiger partial charge in [-0.25, -0.2) is 4.98 Å². The molecule has 0 amide bonds. The number of ether oxygens (including phenoxy) is 1. The molecule has 0 aliphatic carbocycles. The standard InChI is InChI=1S/C12H20N2O/c1-4-10(5-2)8-15-11-7-6-9(3)14-12(11)13/h6-7,10H,4-5,8H2,1-3H3,(H2,13,14). The fourth-order valence-electron chi connectivity index (χ4n) is 1.42. The van der Waals surface area contributed by atoms with Crippen molar-refractivity contribution < 1.29 is 4.74 Å². The highest BCUT2D eigenvalue weighted by Crippen LogP contribution is 2.20. The van der Waals surface area contributed by atoms with Crippen molar-refractivity contribution in [3.05, 3.63) is 17.8 Å². The fourth-order valence-corrected chi connectivity index (χ4v) is 1.42. The van der Waals surface area contributed by atoms with Gasteiger partial charge in [-0.05, 0) is 25.0 Å². The summed E-state index contributed by atoms with van der Waals surface area (Å²) in [5, 5.41) is 0. The van der Waals surface area contributed by atoms with E-state index in [0.717, 1.165) is 25.1 Å². The molecule has 0 spiro atoms. The van der Waals surface area contributed by atoms with Crippen LogP contribution in [0, 0.1) is 12.8 Å². The van der Waals surface area contributed by atoms with Crippen LogP contribution < -0.4 is 10.5 Å². The predicted molar refractivity (Wildman–Crippen MR) is 63.0 cm³/mol. The van der Waals surface area contributed by atoms with Crippen molar-refractivity contribution in [1.29, 1.82) is 0 Å². The van der Waals surface area contributed by atoms with Crippen molar-refractivity contribution in [2.24, 2.45) is 5.92 Å². The number of pyridine rings is 1. The molecule has 1 aromatic rings. The first-order valence-electron chi connectivity index (χ1n) is 5.53. The summed E-state index contributed by atoms with van der Waals surface area (Å²) < 4.78 is 5.65. The summed E-state index contributed by atoms with van der Waals surface area (Å²) in [5.74, 6) is 1.79. The topological polar surface area (TPSA) is 48.1 Å². The molecular weight excluding hydrogens is 188 g/mol. The van der Waals surface area contributed by atoms with Crippen LogP contribution in [0.4, 0.5) is 5.82 Å². The Hall–Kier alpha value is -1.25. The number of hydrogen-bond donors (Lipinski definition) is 1. The van der Waals surface area contributed by atoms with Gasteiger partial charge in [0.2, 0.25) is 0 Å². The van der Waals surface area contributed by atoms with Crippen LogP contribution in [-0.4, -0.2) is 11.6 Å². The van der Waals surface area contributed by atoms with E-state index in [1.165, 1.54) is 0 Å². The van der Waals surface area contributed by atoms with Crippen molar-refractivity contribution in [2.75, 3.05) is 12.3 Å². The van der Waals surface area contributed by atoms with E-state index >= 15 is 0 Å². The number of rotatable bonds is 5. The lowest BCUT2D eigenvalue weighted by atomic mass is 10.1. The minimum Gasteiger partial charge on any atom is -0.489 e. The summed E-state index contributed by atoms with van der Waals surface area (Å²) in [6.45, 7) is 6.99. The normalized spacial score (nSPS) is 10.7. The van der Waals surface area contributed by atoms with E-state index in [4.69, 9.17) is 10.5 Å². The zero-order valence-electron chi connectivity index (χ0n) is 9.79. The van der Waals surface area contributed by atoms with E-state index in [-0.39, 0.29) is 0 Å². The quantitative estimate of drug-likeness (QED) is 0.809. The molecule has 84 valence electrons. The predicted octanol–water partition coefficient (Wildman–Crippen LogP) is 2.79. The molecule has 1 heterocycles. The third-order valence-corrected chi connectivity index (χ3v) is 2.65. The van der Waals surface area contributed by atoms with Gasteiger partial charge < -0.3 is 10.5 Å². The Morgan fingerprint density at radius 1 is 1.33 bits per heavy atom. The second-order valence-corrected chi connectivity index (χ2v) is 3.83. The maximum absolute atomic E-state index is 5.75. The molecule has 0 saturated heterocycles. The molecule has 0 aliphatic rings. The highest BCUT2D eigenvalue weighted by Gasteiger charge is 2.06. The summed E-state index contributed by atoms with van der Waals surface area (Å²) in [6, 6.07) is 3.80. The van der Waals surface area contributed by atoms with E-state index in [1.54, 1.807) is 0 Å². The summed E-state index contributed by atoms with van der Waals surface area (Å²) in [4.78, 5) is 4.16. The minimum absolute atomic E-state index is 0.487. The summed E-state index contributed by atoms with van der Waals surface area (Å²) in [6.07, 6.45) is 2.27. The number of hydrogen-bond acceptors (Lipinski definition) is 3. The Bertz CT molecular complexity index is 308. The Balaban J connectivity index is 2.57. The van der Waals surface area contributed by atoms with Crippen molar-refractivity contribution in [2.45, 2.75) is 33.6 Å². The molecule has 3 heteroatoms. The molecular formula is C12H20N2O. The summed E-state index contributed by atoms with van der Waals surface area (Å²) in [7, 11) is 0. The zero-order valence-corrected chi connectivity index (χ0v) is 9.79. The molecule has 0 radical (unpaired) electrons. The lowest BCUT2D eigenvalue weighted by Gasteiger charge is -2.14. The fraction of sp³-hybridized carbons (Fsp3) is 0.583. The van der Waals surface area contributed by atoms with E-state index < -0.39 is 0 Å². The maximum atomic E-state index is 5.75. The molecule has 0 fully saturated rings. The van der Waals surface area contributed by atoms with Gasteiger partial charge >= 0.3 is 0 Å². The SMILES string of the molecule is CCC(CC)COc1ccc(C)nc1N. The third-order valence-electron chi connectivity index (χ3n) is 2.65. The van der Waals surface area contributed by atoms with Crippen LogP contribution in [0.15, 0.2) is 12.1 Å². The van der Waals surface area contributed by atoms with Gasteiger partial charge in [-0.1, -0.05) is 26.7 Å². The van der Waals surface area contributed by atoms with Crippen molar-refractivity contribution in [3.63, 3.8) is 0 Å². The molecule has 0 aliphatic heterocycles. The number of anilines is 1. The maximum Gasteiger partial charge on any atom is 0.166 e. The first-order valence-corrected chi connectivity index (χ1v) is 5.53. The smallest absolute Gasteiger partial charge is 0.166 e. The van der Waals surface area contributed by atoms with E-state index in [9.17, 15) is 0 Å². The van der Waals surface area contributed by atoms with E-state index in [1.807, 2.05) is 19.1 Å². The van der Waals surface area contributed by atoms with Gasteiger partial charge in [-0.15, -0.1) is 0 Å². The Morgan fingerprint density at radius 3 is 2.53 bits per heavy atom. The van der Waals surface area contributed by atoms with Gasteiger partial charge in [0.15, 0.2) is 11.6 Å². The lowest BCUT2D eigenvalue weighted by molar-refractivity contribution is 0.241. The summed E-state index contributed by atoms with van der Waals surface area (Å²) >= 11 is 0. The molecule has 1 rings (SSSR count). The largest absolute Gasteiger partial charge is 0.489 e. The van der Waals surface area contributed by atoms with Crippen molar-refractivity contribution in [1.82, 2.24) is 4.98 Å². The van der Waals surface area contributed by atoms with Gasteiger partial charge in [0.25, 0.3) is 0 Å². The number of aromatic nitrogens is 1. The monoisotopic (exact) mass is 208 g/mol. The van der Waals surface area contributed by atoms with E-state index in [0.29, 0.717) is 17.5 Å². The number of aryl methyl sites for hydroxylation is 1. The van der Waals surface area contributed by atoms with E-state index in [2.05, 4.69) is 18.8 Å². The molecule has 15 heavy (non-hydrogen) atoms. The Kier molecular flexibility index (Phi) is 4.40. The molecule has 0 saturated carbocycles. The highest BCUT2D eigenvalue weighted by atomic mass is 16.5. The number of nitrogens with two attached hydrogens (primary N) is 1. The number of nitrogen functional groups attached to an aromatic ring is 1. The van der Waals surface area contributed by atoms with Crippen LogP contribution >= 0.6 is 0 Å². The van der Waals surface area contributed by atoms with Gasteiger partial charge in [-0.3, -0.25) is 0 Å². The molecule has 3 nitrogen and oxygen atoms in total. The Morgan fingerprint density at radius 2 is 2.00 bits per heavy atom. The first-order chi connectivity index (χ1) is 7.17.